The molecule has 0 aliphatic carbocycles. The lowest BCUT2D eigenvalue weighted by Gasteiger charge is -2.03. The molecule has 68 valence electrons. The van der Waals surface area contributed by atoms with Crippen LogP contribution in [0.15, 0.2) is 12.3 Å². The van der Waals surface area contributed by atoms with Crippen molar-refractivity contribution in [1.82, 2.24) is 4.98 Å². The molecular formula is C8H6F2N2O. The third-order valence-electron chi connectivity index (χ3n) is 1.47. The van der Waals surface area contributed by atoms with Crippen LogP contribution in [0.4, 0.5) is 8.78 Å². The van der Waals surface area contributed by atoms with Crippen molar-refractivity contribution in [2.45, 2.75) is 6.43 Å². The number of rotatable bonds is 2. The first-order chi connectivity index (χ1) is 6.19. The van der Waals surface area contributed by atoms with Crippen molar-refractivity contribution in [1.29, 1.82) is 5.26 Å². The molecule has 1 rings (SSSR count). The van der Waals surface area contributed by atoms with E-state index in [0.29, 0.717) is 0 Å². The minimum absolute atomic E-state index is 0.109. The second-order valence-electron chi connectivity index (χ2n) is 2.23. The number of methoxy groups -OCH3 is 1. The molecule has 0 saturated carbocycles. The van der Waals surface area contributed by atoms with Gasteiger partial charge in [-0.05, 0) is 0 Å². The average Bonchev–Trinajstić information content (AvgIpc) is 2.16. The Labute approximate surface area is 73.6 Å². The summed E-state index contributed by atoms with van der Waals surface area (Å²) in [4.78, 5) is 3.57. The highest BCUT2D eigenvalue weighted by atomic mass is 19.3. The normalized spacial score (nSPS) is 9.77. The second kappa shape index (κ2) is 3.81. The van der Waals surface area contributed by atoms with Gasteiger partial charge in [-0.25, -0.2) is 13.8 Å². The largest absolute Gasteiger partial charge is 0.481 e. The summed E-state index contributed by atoms with van der Waals surface area (Å²) >= 11 is 0. The van der Waals surface area contributed by atoms with Crippen molar-refractivity contribution in [3.8, 4) is 11.9 Å². The maximum Gasteiger partial charge on any atom is 0.266 e. The summed E-state index contributed by atoms with van der Waals surface area (Å²) in [6, 6.07) is 2.83. The zero-order valence-corrected chi connectivity index (χ0v) is 6.79. The Kier molecular flexibility index (Phi) is 2.75. The highest BCUT2D eigenvalue weighted by Gasteiger charge is 2.14. The fourth-order valence-corrected chi connectivity index (χ4v) is 0.829. The van der Waals surface area contributed by atoms with Gasteiger partial charge < -0.3 is 4.74 Å². The molecular weight excluding hydrogens is 178 g/mol. The van der Waals surface area contributed by atoms with E-state index in [0.717, 1.165) is 6.20 Å². The molecule has 13 heavy (non-hydrogen) atoms. The number of hydrogen-bond acceptors (Lipinski definition) is 3. The standard InChI is InChI=1S/C8H6F2N2O/c1-13-7-2-5(3-11)6(4-12-7)8(9)10/h2,4,8H,1H3. The molecule has 0 bridgehead atoms. The van der Waals surface area contributed by atoms with Crippen LogP contribution in [0.5, 0.6) is 5.88 Å². The van der Waals surface area contributed by atoms with Crippen molar-refractivity contribution in [3.63, 3.8) is 0 Å². The van der Waals surface area contributed by atoms with Gasteiger partial charge in [0.15, 0.2) is 0 Å². The minimum Gasteiger partial charge on any atom is -0.481 e. The fraction of sp³-hybridized carbons (Fsp3) is 0.250. The van der Waals surface area contributed by atoms with Gasteiger partial charge >= 0.3 is 0 Å². The van der Waals surface area contributed by atoms with Crippen LogP contribution in [0.3, 0.4) is 0 Å². The molecule has 0 unspecified atom stereocenters. The number of nitrogens with zero attached hydrogens (tertiary/aromatic N) is 2. The van der Waals surface area contributed by atoms with Gasteiger partial charge in [-0.1, -0.05) is 0 Å². The zero-order chi connectivity index (χ0) is 9.84. The quantitative estimate of drug-likeness (QED) is 0.705. The molecule has 0 atom stereocenters. The molecule has 1 heterocycles. The van der Waals surface area contributed by atoms with Gasteiger partial charge in [0, 0.05) is 12.3 Å². The molecule has 0 amide bonds. The van der Waals surface area contributed by atoms with E-state index in [2.05, 4.69) is 9.72 Å². The van der Waals surface area contributed by atoms with Gasteiger partial charge in [0.2, 0.25) is 5.88 Å². The first-order valence-electron chi connectivity index (χ1n) is 3.41. The van der Waals surface area contributed by atoms with Crippen LogP contribution in [-0.2, 0) is 0 Å². The number of alkyl halides is 2. The van der Waals surface area contributed by atoms with Crippen molar-refractivity contribution >= 4 is 0 Å². The third kappa shape index (κ3) is 1.90. The number of ether oxygens (including phenoxy) is 1. The molecule has 0 saturated heterocycles. The Morgan fingerprint density at radius 2 is 2.31 bits per heavy atom. The SMILES string of the molecule is COc1cc(C#N)c(C(F)F)cn1. The molecule has 0 aromatic carbocycles. The lowest BCUT2D eigenvalue weighted by atomic mass is 10.1. The fourth-order valence-electron chi connectivity index (χ4n) is 0.829. The molecule has 3 nitrogen and oxygen atoms in total. The first-order valence-corrected chi connectivity index (χ1v) is 3.41. The number of nitriles is 1. The summed E-state index contributed by atoms with van der Waals surface area (Å²) in [7, 11) is 1.35. The van der Waals surface area contributed by atoms with Crippen LogP contribution in [0.25, 0.3) is 0 Å². The van der Waals surface area contributed by atoms with Crippen molar-refractivity contribution < 1.29 is 13.5 Å². The van der Waals surface area contributed by atoms with Crippen molar-refractivity contribution in [3.05, 3.63) is 23.4 Å². The summed E-state index contributed by atoms with van der Waals surface area (Å²) in [5.41, 5.74) is -0.481. The minimum atomic E-state index is -2.69. The van der Waals surface area contributed by atoms with Gasteiger partial charge in [0.05, 0.1) is 24.3 Å². The Hall–Kier alpha value is -1.70. The van der Waals surface area contributed by atoms with E-state index in [1.807, 2.05) is 0 Å². The molecule has 1 aromatic rings. The third-order valence-corrected chi connectivity index (χ3v) is 1.47. The molecule has 0 spiro atoms. The molecule has 0 aliphatic heterocycles. The summed E-state index contributed by atoms with van der Waals surface area (Å²) in [6.45, 7) is 0. The van der Waals surface area contributed by atoms with E-state index in [1.165, 1.54) is 13.2 Å². The van der Waals surface area contributed by atoms with Crippen molar-refractivity contribution in [2.24, 2.45) is 0 Å². The van der Waals surface area contributed by atoms with Gasteiger partial charge in [-0.15, -0.1) is 0 Å². The van der Waals surface area contributed by atoms with E-state index < -0.39 is 6.43 Å². The van der Waals surface area contributed by atoms with Crippen LogP contribution in [0.1, 0.15) is 17.6 Å². The molecule has 0 radical (unpaired) electrons. The molecule has 5 heteroatoms. The lowest BCUT2D eigenvalue weighted by molar-refractivity contribution is 0.150. The maximum absolute atomic E-state index is 12.2. The monoisotopic (exact) mass is 184 g/mol. The average molecular weight is 184 g/mol. The second-order valence-corrected chi connectivity index (χ2v) is 2.23. The van der Waals surface area contributed by atoms with Crippen LogP contribution in [0.2, 0.25) is 0 Å². The summed E-state index contributed by atoms with van der Waals surface area (Å²) in [6.07, 6.45) is -1.74. The Morgan fingerprint density at radius 3 is 2.77 bits per heavy atom. The van der Waals surface area contributed by atoms with Gasteiger partial charge in [-0.3, -0.25) is 0 Å². The number of hydrogen-bond donors (Lipinski definition) is 0. The smallest absolute Gasteiger partial charge is 0.266 e. The van der Waals surface area contributed by atoms with E-state index in [9.17, 15) is 8.78 Å². The van der Waals surface area contributed by atoms with E-state index in [4.69, 9.17) is 5.26 Å². The highest BCUT2D eigenvalue weighted by molar-refractivity contribution is 5.39. The zero-order valence-electron chi connectivity index (χ0n) is 6.79. The first kappa shape index (κ1) is 9.39. The van der Waals surface area contributed by atoms with E-state index in [-0.39, 0.29) is 17.0 Å². The highest BCUT2D eigenvalue weighted by Crippen LogP contribution is 2.23. The summed E-state index contributed by atoms with van der Waals surface area (Å²) in [5, 5.41) is 8.52. The lowest BCUT2D eigenvalue weighted by Crippen LogP contribution is -1.95. The topological polar surface area (TPSA) is 45.9 Å². The molecule has 0 aliphatic rings. The summed E-state index contributed by atoms with van der Waals surface area (Å²) < 4.78 is 29.1. The van der Waals surface area contributed by atoms with E-state index >= 15 is 0 Å². The number of aromatic nitrogens is 1. The van der Waals surface area contributed by atoms with Crippen LogP contribution in [-0.4, -0.2) is 12.1 Å². The molecule has 0 N–H and O–H groups in total. The van der Waals surface area contributed by atoms with E-state index in [1.54, 1.807) is 6.07 Å². The van der Waals surface area contributed by atoms with Crippen molar-refractivity contribution in [2.75, 3.05) is 7.11 Å². The van der Waals surface area contributed by atoms with Crippen LogP contribution in [0, 0.1) is 11.3 Å². The predicted molar refractivity (Wildman–Crippen MR) is 40.5 cm³/mol. The van der Waals surface area contributed by atoms with Crippen LogP contribution >= 0.6 is 0 Å². The molecule has 0 fully saturated rings. The Balaban J connectivity index is 3.18. The Morgan fingerprint density at radius 1 is 1.62 bits per heavy atom. The van der Waals surface area contributed by atoms with Gasteiger partial charge in [-0.2, -0.15) is 5.26 Å². The molecule has 1 aromatic heterocycles. The number of pyridine rings is 1. The predicted octanol–water partition coefficient (Wildman–Crippen LogP) is 1.90. The van der Waals surface area contributed by atoms with Gasteiger partial charge in [0.1, 0.15) is 0 Å². The Bertz CT molecular complexity index is 346. The number of halogens is 2. The summed E-state index contributed by atoms with van der Waals surface area (Å²) in [5.74, 6) is 0.154. The maximum atomic E-state index is 12.2. The van der Waals surface area contributed by atoms with Gasteiger partial charge in [0.25, 0.3) is 6.43 Å². The van der Waals surface area contributed by atoms with Crippen LogP contribution < -0.4 is 4.74 Å².